The van der Waals surface area contributed by atoms with Gasteiger partial charge < -0.3 is 20.3 Å². The van der Waals surface area contributed by atoms with Crippen LogP contribution >= 0.6 is 11.6 Å². The van der Waals surface area contributed by atoms with Crippen molar-refractivity contribution < 1.29 is 24.2 Å². The predicted octanol–water partition coefficient (Wildman–Crippen LogP) is 0.803. The zero-order valence-corrected chi connectivity index (χ0v) is 11.7. The number of aliphatic hydroxyl groups excluding tert-OH is 1. The number of primary amides is 1. The van der Waals surface area contributed by atoms with Crippen LogP contribution in [-0.4, -0.2) is 30.3 Å². The largest absolute Gasteiger partial charge is 0.493 e. The lowest BCUT2D eigenvalue weighted by atomic mass is 10.2. The zero-order chi connectivity index (χ0) is 15.3. The second-order valence-corrected chi connectivity index (χ2v) is 4.29. The van der Waals surface area contributed by atoms with Crippen LogP contribution in [0.2, 0.25) is 5.02 Å². The second-order valence-electron chi connectivity index (χ2n) is 3.88. The highest BCUT2D eigenvalue weighted by Crippen LogP contribution is 2.37. The van der Waals surface area contributed by atoms with E-state index in [1.54, 1.807) is 0 Å². The van der Waals surface area contributed by atoms with Gasteiger partial charge in [-0.05, 0) is 24.6 Å². The average molecular weight is 303 g/mol. The quantitative estimate of drug-likeness (QED) is 0.745. The molecule has 8 heteroatoms. The first-order valence-corrected chi connectivity index (χ1v) is 6.01. The fourth-order valence-corrected chi connectivity index (χ4v) is 1.71. The molecule has 3 amide bonds. The van der Waals surface area contributed by atoms with Crippen molar-refractivity contribution in [3.8, 4) is 11.5 Å². The summed E-state index contributed by atoms with van der Waals surface area (Å²) in [6.45, 7) is 1.21. The van der Waals surface area contributed by atoms with Crippen LogP contribution in [0.15, 0.2) is 12.1 Å². The number of carbonyl (C=O) groups excluding carboxylic acids is 2. The molecule has 0 fully saturated rings. The summed E-state index contributed by atoms with van der Waals surface area (Å²) >= 11 is 6.01. The highest BCUT2D eigenvalue weighted by atomic mass is 35.5. The van der Waals surface area contributed by atoms with Crippen molar-refractivity contribution in [3.05, 3.63) is 22.7 Å². The number of halogens is 1. The van der Waals surface area contributed by atoms with Gasteiger partial charge in [0.05, 0.1) is 18.7 Å². The van der Waals surface area contributed by atoms with Crippen LogP contribution < -0.4 is 20.5 Å². The maximum Gasteiger partial charge on any atom is 0.318 e. The van der Waals surface area contributed by atoms with Crippen molar-refractivity contribution >= 4 is 23.5 Å². The second kappa shape index (κ2) is 6.97. The first-order valence-electron chi connectivity index (χ1n) is 5.63. The monoisotopic (exact) mass is 302 g/mol. The van der Waals surface area contributed by atoms with Crippen LogP contribution in [0.25, 0.3) is 0 Å². The van der Waals surface area contributed by atoms with E-state index in [9.17, 15) is 9.59 Å². The zero-order valence-electron chi connectivity index (χ0n) is 11.0. The first kappa shape index (κ1) is 16.1. The Hall–Kier alpha value is -1.99. The van der Waals surface area contributed by atoms with Crippen molar-refractivity contribution in [2.45, 2.75) is 19.6 Å². The summed E-state index contributed by atoms with van der Waals surface area (Å²) in [6, 6.07) is 2.04. The lowest BCUT2D eigenvalue weighted by molar-refractivity contribution is -0.126. The van der Waals surface area contributed by atoms with Gasteiger partial charge in [0.2, 0.25) is 0 Å². The van der Waals surface area contributed by atoms with E-state index in [0.717, 1.165) is 0 Å². The number of rotatable bonds is 5. The molecule has 0 heterocycles. The molecular weight excluding hydrogens is 288 g/mol. The van der Waals surface area contributed by atoms with Gasteiger partial charge in [0.15, 0.2) is 17.6 Å². The number of aliphatic hydroxyl groups is 1. The molecule has 1 unspecified atom stereocenters. The van der Waals surface area contributed by atoms with Gasteiger partial charge in [-0.15, -0.1) is 0 Å². The van der Waals surface area contributed by atoms with Crippen LogP contribution in [-0.2, 0) is 11.4 Å². The minimum absolute atomic E-state index is 0.137. The van der Waals surface area contributed by atoms with Crippen LogP contribution in [0, 0.1) is 0 Å². The Kier molecular flexibility index (Phi) is 5.60. The molecule has 0 radical (unpaired) electrons. The lowest BCUT2D eigenvalue weighted by Gasteiger charge is -2.17. The van der Waals surface area contributed by atoms with E-state index >= 15 is 0 Å². The number of carbonyl (C=O) groups is 2. The van der Waals surface area contributed by atoms with Gasteiger partial charge in [0.1, 0.15) is 0 Å². The lowest BCUT2D eigenvalue weighted by Crippen LogP contribution is -2.42. The number of nitrogens with two attached hydrogens (primary N) is 1. The summed E-state index contributed by atoms with van der Waals surface area (Å²) in [7, 11) is 1.40. The minimum Gasteiger partial charge on any atom is -0.493 e. The van der Waals surface area contributed by atoms with Crippen molar-refractivity contribution in [2.75, 3.05) is 7.11 Å². The molecule has 1 aromatic rings. The fourth-order valence-electron chi connectivity index (χ4n) is 1.43. The van der Waals surface area contributed by atoms with Crippen LogP contribution in [0.1, 0.15) is 12.5 Å². The number of benzene rings is 1. The minimum atomic E-state index is -1.01. The standard InChI is InChI=1S/C12H15ClN2O5/c1-6(11(17)15-12(14)18)20-10-8(13)3-7(5-16)4-9(10)19-2/h3-4,6,16H,5H2,1-2H3,(H3,14,15,17,18). The van der Waals surface area contributed by atoms with Gasteiger partial charge >= 0.3 is 6.03 Å². The molecule has 7 nitrogen and oxygen atoms in total. The van der Waals surface area contributed by atoms with Gasteiger partial charge in [0.25, 0.3) is 5.91 Å². The van der Waals surface area contributed by atoms with E-state index in [1.165, 1.54) is 26.2 Å². The molecule has 0 saturated carbocycles. The summed E-state index contributed by atoms with van der Waals surface area (Å²) in [6.07, 6.45) is -1.01. The number of hydrogen-bond donors (Lipinski definition) is 3. The fraction of sp³-hybridized carbons (Fsp3) is 0.333. The maximum absolute atomic E-state index is 11.5. The van der Waals surface area contributed by atoms with Gasteiger partial charge in [-0.25, -0.2) is 4.79 Å². The first-order chi connectivity index (χ1) is 9.38. The van der Waals surface area contributed by atoms with E-state index in [1.807, 2.05) is 5.32 Å². The van der Waals surface area contributed by atoms with Crippen molar-refractivity contribution in [3.63, 3.8) is 0 Å². The van der Waals surface area contributed by atoms with E-state index < -0.39 is 18.0 Å². The molecular formula is C12H15ClN2O5. The number of ether oxygens (including phenoxy) is 2. The Morgan fingerprint density at radius 1 is 1.50 bits per heavy atom. The molecule has 0 spiro atoms. The van der Waals surface area contributed by atoms with Crippen molar-refractivity contribution in [1.29, 1.82) is 0 Å². The summed E-state index contributed by atoms with van der Waals surface area (Å²) in [5.41, 5.74) is 5.38. The average Bonchev–Trinajstić information content (AvgIpc) is 2.39. The number of hydrogen-bond acceptors (Lipinski definition) is 5. The molecule has 0 aliphatic carbocycles. The molecule has 0 aliphatic rings. The van der Waals surface area contributed by atoms with Gasteiger partial charge in [-0.3, -0.25) is 10.1 Å². The summed E-state index contributed by atoms with van der Waals surface area (Å²) < 4.78 is 10.5. The summed E-state index contributed by atoms with van der Waals surface area (Å²) in [5.74, 6) is -0.305. The molecule has 1 atom stereocenters. The molecule has 0 aromatic heterocycles. The van der Waals surface area contributed by atoms with E-state index in [0.29, 0.717) is 5.56 Å². The predicted molar refractivity (Wildman–Crippen MR) is 71.7 cm³/mol. The van der Waals surface area contributed by atoms with Gasteiger partial charge in [-0.2, -0.15) is 0 Å². The van der Waals surface area contributed by atoms with E-state index in [4.69, 9.17) is 31.9 Å². The van der Waals surface area contributed by atoms with Crippen LogP contribution in [0.5, 0.6) is 11.5 Å². The van der Waals surface area contributed by atoms with Crippen molar-refractivity contribution in [1.82, 2.24) is 5.32 Å². The Labute approximate surface area is 120 Å². The van der Waals surface area contributed by atoms with Crippen molar-refractivity contribution in [2.24, 2.45) is 5.73 Å². The Balaban J connectivity index is 2.96. The molecule has 1 aromatic carbocycles. The third-order valence-corrected chi connectivity index (χ3v) is 2.66. The molecule has 4 N–H and O–H groups in total. The van der Waals surface area contributed by atoms with E-state index in [2.05, 4.69) is 0 Å². The Bertz CT molecular complexity index is 521. The SMILES string of the molecule is COc1cc(CO)cc(Cl)c1OC(C)C(=O)NC(N)=O. The smallest absolute Gasteiger partial charge is 0.318 e. The number of methoxy groups -OCH3 is 1. The maximum atomic E-state index is 11.5. The highest BCUT2D eigenvalue weighted by molar-refractivity contribution is 6.32. The van der Waals surface area contributed by atoms with Crippen LogP contribution in [0.3, 0.4) is 0 Å². The third-order valence-electron chi connectivity index (χ3n) is 2.38. The number of imide groups is 1. The molecule has 0 bridgehead atoms. The Morgan fingerprint density at radius 2 is 2.15 bits per heavy atom. The number of urea groups is 1. The highest BCUT2D eigenvalue weighted by Gasteiger charge is 2.20. The van der Waals surface area contributed by atoms with Crippen LogP contribution in [0.4, 0.5) is 4.79 Å². The molecule has 0 saturated heterocycles. The van der Waals surface area contributed by atoms with Gasteiger partial charge in [-0.1, -0.05) is 11.6 Å². The normalized spacial score (nSPS) is 11.6. The molecule has 20 heavy (non-hydrogen) atoms. The summed E-state index contributed by atoms with van der Waals surface area (Å²) in [5, 5.41) is 11.1. The number of amides is 3. The molecule has 110 valence electrons. The van der Waals surface area contributed by atoms with Gasteiger partial charge in [0, 0.05) is 0 Å². The number of nitrogens with one attached hydrogen (secondary N) is 1. The van der Waals surface area contributed by atoms with E-state index in [-0.39, 0.29) is 23.1 Å². The molecule has 1 rings (SSSR count). The molecule has 0 aliphatic heterocycles. The topological polar surface area (TPSA) is 111 Å². The summed E-state index contributed by atoms with van der Waals surface area (Å²) in [4.78, 5) is 22.1. The Morgan fingerprint density at radius 3 is 2.65 bits per heavy atom. The third kappa shape index (κ3) is 4.01.